The molecule has 0 aliphatic heterocycles. The van der Waals surface area contributed by atoms with Crippen LogP contribution in [0.2, 0.25) is 0 Å². The second-order valence-electron chi connectivity index (χ2n) is 3.56. The van der Waals surface area contributed by atoms with Crippen molar-refractivity contribution in [2.45, 2.75) is 12.8 Å². The third-order valence-electron chi connectivity index (χ3n) is 2.19. The highest BCUT2D eigenvalue weighted by Gasteiger charge is 2.08. The molecular formula is C12H11ClN2OS. The van der Waals surface area contributed by atoms with E-state index in [1.54, 1.807) is 18.3 Å². The van der Waals surface area contributed by atoms with Gasteiger partial charge in [-0.2, -0.15) is 0 Å². The molecule has 0 saturated carbocycles. The average molecular weight is 267 g/mol. The monoisotopic (exact) mass is 266 g/mol. The summed E-state index contributed by atoms with van der Waals surface area (Å²) in [7, 11) is 0. The van der Waals surface area contributed by atoms with Gasteiger partial charge in [0.15, 0.2) is 5.13 Å². The van der Waals surface area contributed by atoms with Gasteiger partial charge in [-0.05, 0) is 24.6 Å². The maximum Gasteiger partial charge on any atom is 0.257 e. The number of amides is 1. The summed E-state index contributed by atoms with van der Waals surface area (Å²) in [6.07, 6.45) is 1.73. The van der Waals surface area contributed by atoms with Crippen molar-refractivity contribution in [3.8, 4) is 0 Å². The molecule has 3 nitrogen and oxygen atoms in total. The molecule has 1 amide bonds. The van der Waals surface area contributed by atoms with Gasteiger partial charge in [0.2, 0.25) is 0 Å². The molecule has 0 fully saturated rings. The lowest BCUT2D eigenvalue weighted by Crippen LogP contribution is -2.11. The molecule has 1 N–H and O–H groups in total. The molecule has 1 aromatic carbocycles. The van der Waals surface area contributed by atoms with Crippen molar-refractivity contribution in [3.05, 3.63) is 46.5 Å². The molecule has 0 saturated heterocycles. The Hall–Kier alpha value is -1.39. The minimum atomic E-state index is -0.161. The number of aryl methyl sites for hydroxylation is 1. The second-order valence-corrected chi connectivity index (χ2v) is 5.07. The van der Waals surface area contributed by atoms with Crippen LogP contribution in [0.15, 0.2) is 30.5 Å². The Balaban J connectivity index is 2.14. The number of hydrogen-bond acceptors (Lipinski definition) is 3. The van der Waals surface area contributed by atoms with Gasteiger partial charge < -0.3 is 0 Å². The lowest BCUT2D eigenvalue weighted by Gasteiger charge is -2.03. The minimum Gasteiger partial charge on any atom is -0.298 e. The number of anilines is 1. The van der Waals surface area contributed by atoms with Gasteiger partial charge >= 0.3 is 0 Å². The van der Waals surface area contributed by atoms with E-state index in [9.17, 15) is 4.79 Å². The van der Waals surface area contributed by atoms with Crippen molar-refractivity contribution in [1.29, 1.82) is 0 Å². The maximum atomic E-state index is 11.9. The van der Waals surface area contributed by atoms with Crippen LogP contribution in [-0.4, -0.2) is 10.9 Å². The van der Waals surface area contributed by atoms with Crippen LogP contribution in [0.5, 0.6) is 0 Å². The predicted molar refractivity (Wildman–Crippen MR) is 70.8 cm³/mol. The number of hydrogen-bond donors (Lipinski definition) is 1. The normalized spacial score (nSPS) is 10.2. The summed E-state index contributed by atoms with van der Waals surface area (Å²) >= 11 is 7.18. The van der Waals surface area contributed by atoms with E-state index in [0.717, 1.165) is 10.4 Å². The zero-order chi connectivity index (χ0) is 12.3. The number of thiazole rings is 1. The van der Waals surface area contributed by atoms with Crippen LogP contribution in [0.25, 0.3) is 0 Å². The van der Waals surface area contributed by atoms with Gasteiger partial charge in [0.1, 0.15) is 0 Å². The summed E-state index contributed by atoms with van der Waals surface area (Å²) in [4.78, 5) is 17.1. The summed E-state index contributed by atoms with van der Waals surface area (Å²) in [6, 6.07) is 7.24. The van der Waals surface area contributed by atoms with E-state index in [4.69, 9.17) is 11.6 Å². The molecule has 2 rings (SSSR count). The number of nitrogens with one attached hydrogen (secondary N) is 1. The Kier molecular flexibility index (Phi) is 3.76. The molecule has 0 unspecified atom stereocenters. The second kappa shape index (κ2) is 5.29. The molecule has 0 aliphatic rings. The Morgan fingerprint density at radius 3 is 3.00 bits per heavy atom. The summed E-state index contributed by atoms with van der Waals surface area (Å²) in [5.41, 5.74) is 1.52. The molecular weight excluding hydrogens is 256 g/mol. The number of halogens is 1. The third-order valence-corrected chi connectivity index (χ3v) is 3.32. The Labute approximate surface area is 108 Å². The van der Waals surface area contributed by atoms with Gasteiger partial charge in [0.25, 0.3) is 5.91 Å². The Morgan fingerprint density at radius 1 is 1.53 bits per heavy atom. The van der Waals surface area contributed by atoms with Crippen molar-refractivity contribution < 1.29 is 4.79 Å². The first-order chi connectivity index (χ1) is 8.19. The number of benzene rings is 1. The number of carbonyl (C=O) groups excluding carboxylic acids is 1. The molecule has 0 aliphatic carbocycles. The van der Waals surface area contributed by atoms with Crippen molar-refractivity contribution >= 4 is 34.0 Å². The summed E-state index contributed by atoms with van der Waals surface area (Å²) in [5, 5.41) is 3.37. The quantitative estimate of drug-likeness (QED) is 0.865. The average Bonchev–Trinajstić information content (AvgIpc) is 2.75. The van der Waals surface area contributed by atoms with E-state index in [0.29, 0.717) is 16.6 Å². The van der Waals surface area contributed by atoms with Crippen LogP contribution < -0.4 is 5.32 Å². The molecule has 1 heterocycles. The summed E-state index contributed by atoms with van der Waals surface area (Å²) in [6.45, 7) is 1.95. The number of nitrogens with zero attached hydrogens (tertiary/aromatic N) is 1. The zero-order valence-electron chi connectivity index (χ0n) is 9.24. The fourth-order valence-corrected chi connectivity index (χ4v) is 2.20. The highest BCUT2D eigenvalue weighted by Crippen LogP contribution is 2.17. The fourth-order valence-electron chi connectivity index (χ4n) is 1.38. The van der Waals surface area contributed by atoms with Crippen LogP contribution in [0.4, 0.5) is 5.13 Å². The Bertz CT molecular complexity index is 539. The number of aromatic nitrogens is 1. The van der Waals surface area contributed by atoms with Crippen molar-refractivity contribution in [2.24, 2.45) is 0 Å². The zero-order valence-corrected chi connectivity index (χ0v) is 10.8. The van der Waals surface area contributed by atoms with E-state index in [1.165, 1.54) is 11.3 Å². The Morgan fingerprint density at radius 2 is 2.35 bits per heavy atom. The third kappa shape index (κ3) is 3.05. The standard InChI is InChI=1S/C12H11ClN2OS/c1-8-7-14-12(17-8)15-11(16)10-4-2-3-9(5-10)6-13/h2-5,7H,6H2,1H3,(H,14,15,16). The van der Waals surface area contributed by atoms with Crippen LogP contribution in [0.3, 0.4) is 0 Å². The van der Waals surface area contributed by atoms with Crippen molar-refractivity contribution in [3.63, 3.8) is 0 Å². The van der Waals surface area contributed by atoms with E-state index in [-0.39, 0.29) is 5.91 Å². The molecule has 88 valence electrons. The largest absolute Gasteiger partial charge is 0.298 e. The van der Waals surface area contributed by atoms with Crippen LogP contribution in [0, 0.1) is 6.92 Å². The first-order valence-corrected chi connectivity index (χ1v) is 6.43. The topological polar surface area (TPSA) is 42.0 Å². The molecule has 0 atom stereocenters. The van der Waals surface area contributed by atoms with Gasteiger partial charge in [-0.15, -0.1) is 22.9 Å². The van der Waals surface area contributed by atoms with Crippen LogP contribution in [-0.2, 0) is 5.88 Å². The van der Waals surface area contributed by atoms with Gasteiger partial charge in [0.05, 0.1) is 0 Å². The van der Waals surface area contributed by atoms with E-state index in [2.05, 4.69) is 10.3 Å². The molecule has 0 bridgehead atoms. The highest BCUT2D eigenvalue weighted by molar-refractivity contribution is 7.15. The molecule has 5 heteroatoms. The van der Waals surface area contributed by atoms with Gasteiger partial charge in [0, 0.05) is 22.5 Å². The number of rotatable bonds is 3. The number of carbonyl (C=O) groups is 1. The summed E-state index contributed by atoms with van der Waals surface area (Å²) < 4.78 is 0. The molecule has 0 radical (unpaired) electrons. The smallest absolute Gasteiger partial charge is 0.257 e. The van der Waals surface area contributed by atoms with Crippen LogP contribution in [0.1, 0.15) is 20.8 Å². The molecule has 0 spiro atoms. The first kappa shape index (κ1) is 12.1. The van der Waals surface area contributed by atoms with E-state index >= 15 is 0 Å². The van der Waals surface area contributed by atoms with E-state index < -0.39 is 0 Å². The highest BCUT2D eigenvalue weighted by atomic mass is 35.5. The van der Waals surface area contributed by atoms with Crippen molar-refractivity contribution in [2.75, 3.05) is 5.32 Å². The molecule has 1 aromatic heterocycles. The van der Waals surface area contributed by atoms with Gasteiger partial charge in [-0.25, -0.2) is 4.98 Å². The lowest BCUT2D eigenvalue weighted by atomic mass is 10.1. The molecule has 2 aromatic rings. The van der Waals surface area contributed by atoms with E-state index in [1.807, 2.05) is 19.1 Å². The van der Waals surface area contributed by atoms with Gasteiger partial charge in [-0.1, -0.05) is 12.1 Å². The summed E-state index contributed by atoms with van der Waals surface area (Å²) in [5.74, 6) is 0.239. The van der Waals surface area contributed by atoms with Crippen LogP contribution >= 0.6 is 22.9 Å². The maximum absolute atomic E-state index is 11.9. The molecule has 17 heavy (non-hydrogen) atoms. The van der Waals surface area contributed by atoms with Gasteiger partial charge in [-0.3, -0.25) is 10.1 Å². The predicted octanol–water partition coefficient (Wildman–Crippen LogP) is 3.44. The fraction of sp³-hybridized carbons (Fsp3) is 0.167. The number of alkyl halides is 1. The lowest BCUT2D eigenvalue weighted by molar-refractivity contribution is 0.102. The SMILES string of the molecule is Cc1cnc(NC(=O)c2cccc(CCl)c2)s1. The van der Waals surface area contributed by atoms with Crippen molar-refractivity contribution in [1.82, 2.24) is 4.98 Å². The minimum absolute atomic E-state index is 0.161. The first-order valence-electron chi connectivity index (χ1n) is 5.08.